The number of aliphatic hydroxyl groups excluding tert-OH is 1. The number of allylic oxidation sites excluding steroid dienone is 1. The molecule has 0 radical (unpaired) electrons. The van der Waals surface area contributed by atoms with Gasteiger partial charge in [0.1, 0.15) is 0 Å². The molecule has 0 bridgehead atoms. The number of aliphatic hydroxyl groups is 1. The summed E-state index contributed by atoms with van der Waals surface area (Å²) in [6.45, 7) is 5.32. The zero-order valence-corrected chi connectivity index (χ0v) is 12.5. The van der Waals surface area contributed by atoms with E-state index in [0.717, 1.165) is 37.8 Å². The van der Waals surface area contributed by atoms with Crippen molar-refractivity contribution in [2.75, 3.05) is 13.1 Å². The van der Waals surface area contributed by atoms with Crippen LogP contribution in [0.15, 0.2) is 43.0 Å². The Labute approximate surface area is 127 Å². The highest BCUT2D eigenvalue weighted by atomic mass is 16.3. The Morgan fingerprint density at radius 1 is 1.43 bits per heavy atom. The summed E-state index contributed by atoms with van der Waals surface area (Å²) in [6.07, 6.45) is 5.21. The van der Waals surface area contributed by atoms with Crippen LogP contribution in [-0.4, -0.2) is 35.2 Å². The predicted molar refractivity (Wildman–Crippen MR) is 84.8 cm³/mol. The van der Waals surface area contributed by atoms with E-state index < -0.39 is 0 Å². The molecule has 1 aliphatic rings. The van der Waals surface area contributed by atoms with Gasteiger partial charge in [-0.05, 0) is 37.8 Å². The van der Waals surface area contributed by atoms with E-state index in [0.29, 0.717) is 6.54 Å². The lowest BCUT2D eigenvalue weighted by Crippen LogP contribution is -2.39. The van der Waals surface area contributed by atoms with Crippen molar-refractivity contribution in [3.8, 4) is 6.07 Å². The van der Waals surface area contributed by atoms with E-state index in [9.17, 15) is 10.4 Å². The molecule has 0 aliphatic carbocycles. The van der Waals surface area contributed by atoms with Crippen LogP contribution in [-0.2, 0) is 0 Å². The molecule has 3 nitrogen and oxygen atoms in total. The van der Waals surface area contributed by atoms with Crippen LogP contribution in [0.5, 0.6) is 0 Å². The monoisotopic (exact) mass is 284 g/mol. The molecule has 3 heteroatoms. The van der Waals surface area contributed by atoms with Crippen LogP contribution in [0, 0.1) is 11.3 Å². The van der Waals surface area contributed by atoms with Crippen LogP contribution in [0.3, 0.4) is 0 Å². The molecule has 2 rings (SSSR count). The fourth-order valence-corrected chi connectivity index (χ4v) is 3.17. The fourth-order valence-electron chi connectivity index (χ4n) is 3.17. The van der Waals surface area contributed by atoms with Crippen molar-refractivity contribution in [2.24, 2.45) is 0 Å². The zero-order chi connectivity index (χ0) is 15.1. The van der Waals surface area contributed by atoms with Crippen molar-refractivity contribution in [2.45, 2.75) is 43.7 Å². The zero-order valence-electron chi connectivity index (χ0n) is 12.5. The van der Waals surface area contributed by atoms with Crippen LogP contribution in [0.4, 0.5) is 0 Å². The van der Waals surface area contributed by atoms with Crippen molar-refractivity contribution >= 4 is 0 Å². The van der Waals surface area contributed by atoms with E-state index in [1.165, 1.54) is 0 Å². The normalized spacial score (nSPS) is 21.6. The molecule has 1 fully saturated rings. The van der Waals surface area contributed by atoms with Crippen LogP contribution in [0.25, 0.3) is 0 Å². The number of nitriles is 1. The largest absolute Gasteiger partial charge is 0.392 e. The van der Waals surface area contributed by atoms with Gasteiger partial charge >= 0.3 is 0 Å². The summed E-state index contributed by atoms with van der Waals surface area (Å²) in [6, 6.07) is 12.7. The maximum atomic E-state index is 10.1. The van der Waals surface area contributed by atoms with E-state index in [1.54, 1.807) is 0 Å². The van der Waals surface area contributed by atoms with Gasteiger partial charge in [-0.3, -0.25) is 4.90 Å². The molecular weight excluding hydrogens is 260 g/mol. The van der Waals surface area contributed by atoms with Crippen LogP contribution in [0.2, 0.25) is 0 Å². The van der Waals surface area contributed by atoms with Crippen LogP contribution < -0.4 is 0 Å². The maximum absolute atomic E-state index is 10.1. The summed E-state index contributed by atoms with van der Waals surface area (Å²) in [4.78, 5) is 2.29. The quantitative estimate of drug-likeness (QED) is 0.783. The molecule has 1 N–H and O–H groups in total. The topological polar surface area (TPSA) is 47.3 Å². The first-order chi connectivity index (χ1) is 10.3. The third-order valence-corrected chi connectivity index (χ3v) is 4.25. The molecule has 1 aromatic carbocycles. The van der Waals surface area contributed by atoms with Gasteiger partial charge in [-0.25, -0.2) is 0 Å². The van der Waals surface area contributed by atoms with Crippen molar-refractivity contribution < 1.29 is 5.11 Å². The maximum Gasteiger partial charge on any atom is 0.0868 e. The van der Waals surface area contributed by atoms with Gasteiger partial charge in [-0.15, -0.1) is 6.58 Å². The Kier molecular flexibility index (Phi) is 5.98. The lowest BCUT2D eigenvalue weighted by atomic mass is 9.91. The first-order valence-corrected chi connectivity index (χ1v) is 7.74. The first-order valence-electron chi connectivity index (χ1n) is 7.74. The van der Waals surface area contributed by atoms with Gasteiger partial charge in [0.25, 0.3) is 0 Å². The summed E-state index contributed by atoms with van der Waals surface area (Å²) in [5.41, 5.74) is 1.08. The van der Waals surface area contributed by atoms with E-state index in [-0.39, 0.29) is 18.1 Å². The predicted octanol–water partition coefficient (Wildman–Crippen LogP) is 3.09. The van der Waals surface area contributed by atoms with E-state index in [4.69, 9.17) is 0 Å². The molecule has 0 amide bonds. The molecule has 3 unspecified atom stereocenters. The Morgan fingerprint density at radius 2 is 2.19 bits per heavy atom. The van der Waals surface area contributed by atoms with E-state index in [2.05, 4.69) is 17.5 Å². The highest BCUT2D eigenvalue weighted by Gasteiger charge is 2.33. The second-order valence-electron chi connectivity index (χ2n) is 5.74. The third-order valence-electron chi connectivity index (χ3n) is 4.25. The number of nitrogens with zero attached hydrogens (tertiary/aromatic N) is 2. The van der Waals surface area contributed by atoms with Crippen LogP contribution in [0.1, 0.15) is 37.2 Å². The highest BCUT2D eigenvalue weighted by molar-refractivity contribution is 5.27. The summed E-state index contributed by atoms with van der Waals surface area (Å²) in [7, 11) is 0. The Bertz CT molecular complexity index is 480. The van der Waals surface area contributed by atoms with Crippen molar-refractivity contribution in [3.05, 3.63) is 48.6 Å². The van der Waals surface area contributed by atoms with E-state index in [1.807, 2.05) is 36.4 Å². The second kappa shape index (κ2) is 7.97. The summed E-state index contributed by atoms with van der Waals surface area (Å²) in [5, 5.41) is 19.7. The molecule has 0 spiro atoms. The van der Waals surface area contributed by atoms with Gasteiger partial charge < -0.3 is 5.11 Å². The Hall–Kier alpha value is -1.63. The van der Waals surface area contributed by atoms with Crippen molar-refractivity contribution in [1.29, 1.82) is 5.26 Å². The molecule has 112 valence electrons. The SMILES string of the molecule is C=CCCC(O)CN1CCCC1C(C#N)c1ccccc1. The standard InChI is InChI=1S/C18H24N2O/c1-2-3-10-16(21)14-20-12-7-11-18(20)17(13-19)15-8-5-4-6-9-15/h2,4-6,8-9,16-18,21H,1,3,7,10-12,14H2. The first kappa shape index (κ1) is 15.8. The van der Waals surface area contributed by atoms with Gasteiger partial charge in [-0.1, -0.05) is 36.4 Å². The third kappa shape index (κ3) is 4.17. The summed E-state index contributed by atoms with van der Waals surface area (Å²) >= 11 is 0. The molecule has 1 heterocycles. The molecule has 1 aromatic rings. The average molecular weight is 284 g/mol. The number of hydrogen-bond acceptors (Lipinski definition) is 3. The van der Waals surface area contributed by atoms with Crippen molar-refractivity contribution in [3.63, 3.8) is 0 Å². The smallest absolute Gasteiger partial charge is 0.0868 e. The summed E-state index contributed by atoms with van der Waals surface area (Å²) in [5.74, 6) is -0.111. The summed E-state index contributed by atoms with van der Waals surface area (Å²) < 4.78 is 0. The molecule has 0 aromatic heterocycles. The van der Waals surface area contributed by atoms with Gasteiger partial charge in [-0.2, -0.15) is 5.26 Å². The number of benzene rings is 1. The molecule has 21 heavy (non-hydrogen) atoms. The van der Waals surface area contributed by atoms with Crippen LogP contribution >= 0.6 is 0 Å². The minimum absolute atomic E-state index is 0.111. The number of likely N-dealkylation sites (tertiary alicyclic amines) is 1. The Morgan fingerprint density at radius 3 is 2.86 bits per heavy atom. The molecule has 3 atom stereocenters. The Balaban J connectivity index is 2.03. The molecule has 1 aliphatic heterocycles. The molecular formula is C18H24N2O. The molecule has 1 saturated heterocycles. The highest BCUT2D eigenvalue weighted by Crippen LogP contribution is 2.31. The van der Waals surface area contributed by atoms with Gasteiger partial charge in [0, 0.05) is 12.6 Å². The van der Waals surface area contributed by atoms with Crippen molar-refractivity contribution in [1.82, 2.24) is 4.90 Å². The fraction of sp³-hybridized carbons (Fsp3) is 0.500. The van der Waals surface area contributed by atoms with Gasteiger partial charge in [0.15, 0.2) is 0 Å². The van der Waals surface area contributed by atoms with E-state index >= 15 is 0 Å². The number of β-amino-alcohol motifs (C(OH)–C–C–N with tert-alkyl or cyclic N) is 1. The molecule has 0 saturated carbocycles. The minimum Gasteiger partial charge on any atom is -0.392 e. The van der Waals surface area contributed by atoms with Gasteiger partial charge in [0.2, 0.25) is 0 Å². The lowest BCUT2D eigenvalue weighted by molar-refractivity contribution is 0.0969. The number of hydrogen-bond donors (Lipinski definition) is 1. The number of rotatable bonds is 7. The lowest BCUT2D eigenvalue weighted by Gasteiger charge is -2.30. The average Bonchev–Trinajstić information content (AvgIpc) is 2.95. The van der Waals surface area contributed by atoms with Gasteiger partial charge in [0.05, 0.1) is 18.1 Å². The minimum atomic E-state index is -0.335. The second-order valence-corrected chi connectivity index (χ2v) is 5.74.